The number of anilines is 1. The zero-order chi connectivity index (χ0) is 22.4. The standard InChI is InChI=1S/C22H33N5O4/c1-14(2)21-25-22(31-26-21)27-10-8-16(9-11-27)5-4-12-30-18-7-6-17(20(23)29)19(24-18)15(3)13-28/h6-7,14-16,28H,4-5,8-13H2,1-3H3,(H2,23,29)/t15-/m0/s1. The van der Waals surface area contributed by atoms with Crippen LogP contribution in [-0.4, -0.2) is 52.4 Å². The molecule has 0 radical (unpaired) electrons. The number of amides is 1. The minimum Gasteiger partial charge on any atom is -0.478 e. The molecule has 1 aliphatic rings. The summed E-state index contributed by atoms with van der Waals surface area (Å²) in [6.07, 6.45) is 4.17. The number of aromatic nitrogens is 3. The fourth-order valence-corrected chi connectivity index (χ4v) is 3.76. The van der Waals surface area contributed by atoms with E-state index in [1.807, 2.05) is 0 Å². The average Bonchev–Trinajstić information content (AvgIpc) is 3.27. The first kappa shape index (κ1) is 23.0. The third kappa shape index (κ3) is 5.94. The van der Waals surface area contributed by atoms with Gasteiger partial charge in [0.25, 0.3) is 5.91 Å². The number of carbonyl (C=O) groups is 1. The SMILES string of the molecule is CC(C)c1noc(N2CCC(CCCOc3ccc(C(N)=O)c([C@@H](C)CO)n3)CC2)n1. The van der Waals surface area contributed by atoms with Crippen molar-refractivity contribution in [2.24, 2.45) is 11.7 Å². The number of ether oxygens (including phenoxy) is 1. The maximum absolute atomic E-state index is 11.6. The topological polar surface area (TPSA) is 128 Å². The molecular weight excluding hydrogens is 398 g/mol. The molecule has 170 valence electrons. The molecule has 9 heteroatoms. The molecule has 2 aromatic rings. The van der Waals surface area contributed by atoms with E-state index in [0.29, 0.717) is 35.7 Å². The van der Waals surface area contributed by atoms with Crippen LogP contribution in [0.1, 0.15) is 80.2 Å². The largest absolute Gasteiger partial charge is 0.478 e. The molecule has 1 saturated heterocycles. The molecule has 0 saturated carbocycles. The molecule has 2 aromatic heterocycles. The van der Waals surface area contributed by atoms with E-state index >= 15 is 0 Å². The van der Waals surface area contributed by atoms with Crippen LogP contribution in [0.3, 0.4) is 0 Å². The highest BCUT2D eigenvalue weighted by molar-refractivity contribution is 5.94. The third-order valence-corrected chi connectivity index (χ3v) is 5.74. The van der Waals surface area contributed by atoms with Crippen molar-refractivity contribution in [2.45, 2.75) is 58.3 Å². The van der Waals surface area contributed by atoms with Crippen molar-refractivity contribution in [2.75, 3.05) is 31.2 Å². The molecule has 0 unspecified atom stereocenters. The molecule has 1 fully saturated rings. The quantitative estimate of drug-likeness (QED) is 0.550. The highest BCUT2D eigenvalue weighted by atomic mass is 16.5. The number of rotatable bonds is 10. The van der Waals surface area contributed by atoms with Crippen LogP contribution in [0.25, 0.3) is 0 Å². The second-order valence-corrected chi connectivity index (χ2v) is 8.54. The summed E-state index contributed by atoms with van der Waals surface area (Å²) in [4.78, 5) is 22.6. The van der Waals surface area contributed by atoms with Crippen molar-refractivity contribution in [1.82, 2.24) is 15.1 Å². The molecular formula is C22H33N5O4. The third-order valence-electron chi connectivity index (χ3n) is 5.74. The number of hydrogen-bond acceptors (Lipinski definition) is 8. The van der Waals surface area contributed by atoms with E-state index in [0.717, 1.165) is 44.6 Å². The van der Waals surface area contributed by atoms with Gasteiger partial charge < -0.3 is 25.0 Å². The number of primary amides is 1. The summed E-state index contributed by atoms with van der Waals surface area (Å²) < 4.78 is 11.2. The van der Waals surface area contributed by atoms with Gasteiger partial charge >= 0.3 is 6.01 Å². The zero-order valence-electron chi connectivity index (χ0n) is 18.6. The van der Waals surface area contributed by atoms with Gasteiger partial charge in [-0.25, -0.2) is 4.98 Å². The van der Waals surface area contributed by atoms with Crippen molar-refractivity contribution >= 4 is 11.9 Å². The minimum atomic E-state index is -0.554. The predicted octanol–water partition coefficient (Wildman–Crippen LogP) is 2.86. The number of pyridine rings is 1. The molecule has 1 aliphatic heterocycles. The van der Waals surface area contributed by atoms with E-state index in [4.69, 9.17) is 15.0 Å². The maximum atomic E-state index is 11.6. The van der Waals surface area contributed by atoms with Gasteiger partial charge in [0.2, 0.25) is 5.88 Å². The highest BCUT2D eigenvalue weighted by Crippen LogP contribution is 2.26. The number of carbonyl (C=O) groups excluding carboxylic acids is 1. The van der Waals surface area contributed by atoms with Gasteiger partial charge in [-0.05, 0) is 37.7 Å². The zero-order valence-corrected chi connectivity index (χ0v) is 18.6. The van der Waals surface area contributed by atoms with Crippen molar-refractivity contribution in [3.8, 4) is 5.88 Å². The van der Waals surface area contributed by atoms with Gasteiger partial charge in [0, 0.05) is 31.0 Å². The monoisotopic (exact) mass is 431 g/mol. The van der Waals surface area contributed by atoms with Crippen LogP contribution in [0.2, 0.25) is 0 Å². The first-order chi connectivity index (χ1) is 14.9. The second-order valence-electron chi connectivity index (χ2n) is 8.54. The molecule has 1 atom stereocenters. The fraction of sp³-hybridized carbons (Fsp3) is 0.636. The van der Waals surface area contributed by atoms with Crippen LogP contribution in [0, 0.1) is 5.92 Å². The lowest BCUT2D eigenvalue weighted by molar-refractivity contribution is 0.0998. The van der Waals surface area contributed by atoms with Crippen LogP contribution < -0.4 is 15.4 Å². The normalized spacial score (nSPS) is 16.0. The summed E-state index contributed by atoms with van der Waals surface area (Å²) in [6, 6.07) is 3.90. The number of aliphatic hydroxyl groups excluding tert-OH is 1. The van der Waals surface area contributed by atoms with Gasteiger partial charge in [0.1, 0.15) is 0 Å². The van der Waals surface area contributed by atoms with Crippen molar-refractivity contribution in [1.29, 1.82) is 0 Å². The van der Waals surface area contributed by atoms with Crippen LogP contribution in [-0.2, 0) is 0 Å². The fourth-order valence-electron chi connectivity index (χ4n) is 3.76. The number of piperidine rings is 1. The summed E-state index contributed by atoms with van der Waals surface area (Å²) in [7, 11) is 0. The number of nitrogens with zero attached hydrogens (tertiary/aromatic N) is 4. The summed E-state index contributed by atoms with van der Waals surface area (Å²) in [5.74, 6) is 1.27. The van der Waals surface area contributed by atoms with Crippen molar-refractivity contribution in [3.63, 3.8) is 0 Å². The number of aliphatic hydroxyl groups is 1. The lowest BCUT2D eigenvalue weighted by atomic mass is 9.92. The average molecular weight is 432 g/mol. The van der Waals surface area contributed by atoms with E-state index in [1.165, 1.54) is 0 Å². The molecule has 31 heavy (non-hydrogen) atoms. The Morgan fingerprint density at radius 3 is 2.65 bits per heavy atom. The van der Waals surface area contributed by atoms with Gasteiger partial charge in [-0.3, -0.25) is 4.79 Å². The minimum absolute atomic E-state index is 0.113. The molecule has 3 rings (SSSR count). The van der Waals surface area contributed by atoms with Gasteiger partial charge in [-0.2, -0.15) is 4.98 Å². The van der Waals surface area contributed by atoms with E-state index in [-0.39, 0.29) is 18.4 Å². The molecule has 9 nitrogen and oxygen atoms in total. The lowest BCUT2D eigenvalue weighted by Gasteiger charge is -2.30. The van der Waals surface area contributed by atoms with E-state index in [9.17, 15) is 9.90 Å². The first-order valence-corrected chi connectivity index (χ1v) is 11.0. The van der Waals surface area contributed by atoms with Gasteiger partial charge in [0.05, 0.1) is 24.5 Å². The first-order valence-electron chi connectivity index (χ1n) is 11.0. The Hall–Kier alpha value is -2.68. The smallest absolute Gasteiger partial charge is 0.324 e. The Morgan fingerprint density at radius 1 is 1.29 bits per heavy atom. The van der Waals surface area contributed by atoms with Crippen molar-refractivity contribution < 1.29 is 19.2 Å². The summed E-state index contributed by atoms with van der Waals surface area (Å²) in [5, 5.41) is 13.5. The molecule has 0 aliphatic carbocycles. The highest BCUT2D eigenvalue weighted by Gasteiger charge is 2.23. The summed E-state index contributed by atoms with van der Waals surface area (Å²) in [5.41, 5.74) is 6.20. The Labute approximate surface area is 183 Å². The Balaban J connectivity index is 1.43. The van der Waals surface area contributed by atoms with Crippen LogP contribution in [0.5, 0.6) is 5.88 Å². The summed E-state index contributed by atoms with van der Waals surface area (Å²) >= 11 is 0. The molecule has 3 heterocycles. The molecule has 0 spiro atoms. The van der Waals surface area contributed by atoms with Crippen LogP contribution in [0.4, 0.5) is 6.01 Å². The van der Waals surface area contributed by atoms with Gasteiger partial charge in [-0.1, -0.05) is 25.9 Å². The van der Waals surface area contributed by atoms with E-state index < -0.39 is 5.91 Å². The molecule has 1 amide bonds. The van der Waals surface area contributed by atoms with Crippen LogP contribution >= 0.6 is 0 Å². The predicted molar refractivity (Wildman–Crippen MR) is 116 cm³/mol. The molecule has 0 bridgehead atoms. The number of nitrogens with two attached hydrogens (primary N) is 1. The van der Waals surface area contributed by atoms with Crippen LogP contribution in [0.15, 0.2) is 16.7 Å². The Morgan fingerprint density at radius 2 is 2.03 bits per heavy atom. The number of hydrogen-bond donors (Lipinski definition) is 2. The Kier molecular flexibility index (Phi) is 7.84. The molecule has 3 N–H and O–H groups in total. The van der Waals surface area contributed by atoms with E-state index in [2.05, 4.69) is 33.9 Å². The van der Waals surface area contributed by atoms with Gasteiger partial charge in [-0.15, -0.1) is 0 Å². The van der Waals surface area contributed by atoms with E-state index in [1.54, 1.807) is 19.1 Å². The molecule has 0 aromatic carbocycles. The van der Waals surface area contributed by atoms with Gasteiger partial charge in [0.15, 0.2) is 5.82 Å². The summed E-state index contributed by atoms with van der Waals surface area (Å²) in [6.45, 7) is 8.18. The second kappa shape index (κ2) is 10.6. The Bertz CT molecular complexity index is 861. The lowest BCUT2D eigenvalue weighted by Crippen LogP contribution is -2.34. The van der Waals surface area contributed by atoms with Crippen molar-refractivity contribution in [3.05, 3.63) is 29.2 Å². The maximum Gasteiger partial charge on any atom is 0.324 e.